The van der Waals surface area contributed by atoms with Crippen LogP contribution in [0.1, 0.15) is 77.3 Å². The van der Waals surface area contributed by atoms with E-state index in [1.54, 1.807) is 0 Å². The van der Waals surface area contributed by atoms with Crippen LogP contribution in [-0.4, -0.2) is 66.7 Å². The topological polar surface area (TPSA) is 144 Å². The fourth-order valence-electron chi connectivity index (χ4n) is 10.2. The van der Waals surface area contributed by atoms with Gasteiger partial charge in [0.2, 0.25) is 11.6 Å². The molecule has 1 unspecified atom stereocenters. The van der Waals surface area contributed by atoms with Crippen LogP contribution in [0.2, 0.25) is 0 Å². The summed E-state index contributed by atoms with van der Waals surface area (Å²) in [6, 6.07) is 34.5. The summed E-state index contributed by atoms with van der Waals surface area (Å²) < 4.78 is 67.8. The predicted octanol–water partition coefficient (Wildman–Crippen LogP) is 11.4. The third-order valence-electron chi connectivity index (χ3n) is 13.4. The maximum atomic E-state index is 14.2. The molecule has 0 spiro atoms. The molecule has 1 atom stereocenters. The van der Waals surface area contributed by atoms with Crippen LogP contribution in [0.4, 0.5) is 17.1 Å². The van der Waals surface area contributed by atoms with E-state index in [-0.39, 0.29) is 17.4 Å². The zero-order chi connectivity index (χ0) is 47.0. The van der Waals surface area contributed by atoms with Gasteiger partial charge in [-0.05, 0) is 115 Å². The summed E-state index contributed by atoms with van der Waals surface area (Å²) in [5, 5.41) is 8.19. The average molecular weight is 948 g/mol. The highest BCUT2D eigenvalue weighted by molar-refractivity contribution is 7.86. The van der Waals surface area contributed by atoms with Gasteiger partial charge in [0, 0.05) is 64.1 Å². The van der Waals surface area contributed by atoms with E-state index in [1.807, 2.05) is 66.7 Å². The van der Waals surface area contributed by atoms with Crippen LogP contribution in [0.3, 0.4) is 0 Å². The highest BCUT2D eigenvalue weighted by atomic mass is 35.5. The number of allylic oxidation sites excluding steroid dienone is 8. The molecule has 1 aliphatic carbocycles. The van der Waals surface area contributed by atoms with Crippen LogP contribution in [0.15, 0.2) is 149 Å². The van der Waals surface area contributed by atoms with Crippen molar-refractivity contribution >= 4 is 82.1 Å². The third-order valence-corrected chi connectivity index (χ3v) is 15.5. The molecule has 3 aliphatic rings. The van der Waals surface area contributed by atoms with Crippen LogP contribution < -0.4 is 10.2 Å². The van der Waals surface area contributed by atoms with Gasteiger partial charge < -0.3 is 10.2 Å². The van der Waals surface area contributed by atoms with E-state index in [2.05, 4.69) is 103 Å². The number of benzene rings is 5. The number of unbranched alkanes of at least 4 members (excludes halogenated alkanes) is 2. The van der Waals surface area contributed by atoms with Gasteiger partial charge in [0.25, 0.3) is 20.2 Å². The third kappa shape index (κ3) is 9.85. The maximum absolute atomic E-state index is 14.2. The Morgan fingerprint density at radius 3 is 2.00 bits per heavy atom. The number of carbonyl (C=O) groups excluding carboxylic acids is 1. The van der Waals surface area contributed by atoms with Gasteiger partial charge in [-0.15, -0.1) is 0 Å². The van der Waals surface area contributed by atoms with E-state index >= 15 is 0 Å². The Kier molecular flexibility index (Phi) is 13.4. The van der Waals surface area contributed by atoms with Crippen molar-refractivity contribution in [1.82, 2.24) is 0 Å². The summed E-state index contributed by atoms with van der Waals surface area (Å²) in [5.74, 6) is -1.20. The van der Waals surface area contributed by atoms with E-state index < -0.39 is 37.0 Å². The number of rotatable bonds is 15. The van der Waals surface area contributed by atoms with Crippen molar-refractivity contribution in [2.24, 2.45) is 5.92 Å². The second kappa shape index (κ2) is 18.7. The zero-order valence-corrected chi connectivity index (χ0v) is 40.2. The molecule has 1 amide bonds. The lowest BCUT2D eigenvalue weighted by atomic mass is 9.78. The number of halogens is 1. The van der Waals surface area contributed by atoms with Crippen LogP contribution in [0, 0.1) is 5.92 Å². The molecule has 5 aromatic carbocycles. The highest BCUT2D eigenvalue weighted by Gasteiger charge is 2.46. The van der Waals surface area contributed by atoms with E-state index in [4.69, 9.17) is 11.6 Å². The monoisotopic (exact) mass is 946 g/mol. The number of nitrogens with one attached hydrogen (secondary N) is 1. The zero-order valence-electron chi connectivity index (χ0n) is 37.8. The fourth-order valence-corrected chi connectivity index (χ4v) is 11.7. The van der Waals surface area contributed by atoms with Crippen molar-refractivity contribution in [2.75, 3.05) is 34.8 Å². The number of hydrogen-bond donors (Lipinski definition) is 3. The first-order chi connectivity index (χ1) is 31.3. The molecule has 0 bridgehead atoms. The molecule has 13 heteroatoms. The smallest absolute Gasteiger partial charge is 0.264 e. The number of carbonyl (C=O) groups is 1. The van der Waals surface area contributed by atoms with Gasteiger partial charge >= 0.3 is 0 Å². The molecule has 0 radical (unpaired) electrons. The van der Waals surface area contributed by atoms with Crippen molar-refractivity contribution in [3.63, 3.8) is 0 Å². The quantitative estimate of drug-likeness (QED) is 0.0535. The average Bonchev–Trinajstić information content (AvgIpc) is 3.63. The van der Waals surface area contributed by atoms with Crippen molar-refractivity contribution < 1.29 is 35.3 Å². The molecule has 8 rings (SSSR count). The van der Waals surface area contributed by atoms with Crippen molar-refractivity contribution in [3.05, 3.63) is 160 Å². The molecule has 0 saturated heterocycles. The van der Waals surface area contributed by atoms with Crippen LogP contribution >= 0.6 is 11.6 Å². The Hall–Kier alpha value is -5.37. The molecule has 3 N–H and O–H groups in total. The summed E-state index contributed by atoms with van der Waals surface area (Å²) >= 11 is 7.49. The number of hydrogen-bond acceptors (Lipinski definition) is 6. The number of fused-ring (bicyclic) bond motifs is 6. The van der Waals surface area contributed by atoms with Gasteiger partial charge in [-0.25, -0.2) is 0 Å². The summed E-state index contributed by atoms with van der Waals surface area (Å²) in [7, 11) is -8.20. The molecule has 2 aliphatic heterocycles. The molecule has 10 nitrogen and oxygen atoms in total. The lowest BCUT2D eigenvalue weighted by molar-refractivity contribution is -0.438. The molecular weight excluding hydrogens is 890 g/mol. The number of para-hydroxylation sites is 1. The van der Waals surface area contributed by atoms with Gasteiger partial charge in [0.05, 0.1) is 16.9 Å². The van der Waals surface area contributed by atoms with Crippen LogP contribution in [0.5, 0.6) is 0 Å². The SMILES string of the molecule is CC1(C)C(/C=C/C2=C(Cl)C(=C/C=C3/N(CCCCS(=O)(=O)O)c4ccc5ccccc5c4C3(C)C)/CC(C(=O)Nc3ccccc3)C2)=[N+](CCCCS(=O)(=O)O)c2ccc3ccccc3c21. The second-order valence-corrected chi connectivity index (χ2v) is 22.2. The van der Waals surface area contributed by atoms with E-state index in [0.717, 1.165) is 55.5 Å². The maximum Gasteiger partial charge on any atom is 0.264 e. The van der Waals surface area contributed by atoms with Gasteiger partial charge in [0.1, 0.15) is 6.54 Å². The molecule has 2 heterocycles. The van der Waals surface area contributed by atoms with Crippen LogP contribution in [0.25, 0.3) is 21.5 Å². The minimum absolute atomic E-state index is 0.122. The molecule has 0 aromatic heterocycles. The number of nitrogens with zero attached hydrogens (tertiary/aromatic N) is 2. The summed E-state index contributed by atoms with van der Waals surface area (Å²) in [4.78, 5) is 16.4. The first kappa shape index (κ1) is 47.1. The lowest BCUT2D eigenvalue weighted by Crippen LogP contribution is -2.29. The first-order valence-electron chi connectivity index (χ1n) is 22.5. The number of anilines is 2. The second-order valence-electron chi connectivity index (χ2n) is 18.7. The van der Waals surface area contributed by atoms with Crippen molar-refractivity contribution in [1.29, 1.82) is 0 Å². The molecule has 0 saturated carbocycles. The minimum atomic E-state index is -4.10. The van der Waals surface area contributed by atoms with E-state index in [9.17, 15) is 30.7 Å². The summed E-state index contributed by atoms with van der Waals surface area (Å²) in [6.07, 6.45) is 10.7. The lowest BCUT2D eigenvalue weighted by Gasteiger charge is -2.28. The van der Waals surface area contributed by atoms with Crippen molar-refractivity contribution in [3.8, 4) is 0 Å². The van der Waals surface area contributed by atoms with E-state index in [1.165, 1.54) is 11.1 Å². The highest BCUT2D eigenvalue weighted by Crippen LogP contribution is 2.51. The van der Waals surface area contributed by atoms with Crippen LogP contribution in [-0.2, 0) is 35.9 Å². The number of amides is 1. The predicted molar refractivity (Wildman–Crippen MR) is 268 cm³/mol. The fraction of sp³-hybridized carbons (Fsp3) is 0.321. The normalized spacial score (nSPS) is 19.4. The molecule has 0 fully saturated rings. The van der Waals surface area contributed by atoms with Gasteiger partial charge in [-0.1, -0.05) is 110 Å². The Labute approximate surface area is 393 Å². The largest absolute Gasteiger partial charge is 0.344 e. The summed E-state index contributed by atoms with van der Waals surface area (Å²) in [6.45, 7) is 9.83. The molecule has 5 aromatic rings. The molecule has 344 valence electrons. The van der Waals surface area contributed by atoms with Gasteiger partial charge in [0.15, 0.2) is 5.71 Å². The van der Waals surface area contributed by atoms with Crippen molar-refractivity contribution in [2.45, 2.75) is 77.0 Å². The minimum Gasteiger partial charge on any atom is -0.344 e. The van der Waals surface area contributed by atoms with E-state index in [0.29, 0.717) is 62.3 Å². The Balaban J connectivity index is 1.21. The molecular formula is C53H57ClN3O7S2+. The van der Waals surface area contributed by atoms with Gasteiger partial charge in [-0.2, -0.15) is 21.4 Å². The Morgan fingerprint density at radius 2 is 1.33 bits per heavy atom. The first-order valence-corrected chi connectivity index (χ1v) is 26.1. The summed E-state index contributed by atoms with van der Waals surface area (Å²) in [5.41, 5.74) is 7.79. The Morgan fingerprint density at radius 1 is 0.727 bits per heavy atom. The molecule has 66 heavy (non-hydrogen) atoms. The van der Waals surface area contributed by atoms with Gasteiger partial charge in [-0.3, -0.25) is 13.9 Å². The Bertz CT molecular complexity index is 3120. The standard InChI is InChI=1S/C53H56ClN3O7S2/c1-52(2)46(56(30-12-14-32-65(59,60)61)44-26-22-36-16-8-10-20-42(36)48(44)52)28-24-38-34-40(51(58)55-41-18-6-5-7-19-41)35-39(50(38)54)25-29-47-53(3,4)49-43-21-11-9-17-37(43)23-27-45(49)57(47)31-13-15-33-66(62,63)64/h5-11,16-29,40H,12-15,30-35H2,1-4H3,(H2-,55,58,59,60,61,62,63,64)/p+1.